The van der Waals surface area contributed by atoms with Crippen molar-refractivity contribution in [2.45, 2.75) is 33.4 Å². The van der Waals surface area contributed by atoms with Crippen molar-refractivity contribution in [3.05, 3.63) is 108 Å². The first-order valence-electron chi connectivity index (χ1n) is 13.9. The van der Waals surface area contributed by atoms with Crippen LogP contribution in [0, 0.1) is 6.92 Å². The smallest absolute Gasteiger partial charge is 0.341 e. The van der Waals surface area contributed by atoms with Crippen LogP contribution >= 0.6 is 11.3 Å². The third kappa shape index (κ3) is 6.81. The molecule has 0 aliphatic carbocycles. The Morgan fingerprint density at radius 3 is 2.14 bits per heavy atom. The summed E-state index contributed by atoms with van der Waals surface area (Å²) in [6.07, 6.45) is 0. The minimum atomic E-state index is -1.01. The van der Waals surface area contributed by atoms with E-state index in [4.69, 9.17) is 19.6 Å². The highest BCUT2D eigenvalue weighted by atomic mass is 32.1. The van der Waals surface area contributed by atoms with Crippen molar-refractivity contribution in [1.82, 2.24) is 4.98 Å². The van der Waals surface area contributed by atoms with Gasteiger partial charge in [0, 0.05) is 24.3 Å². The molecule has 1 aromatic heterocycles. The summed E-state index contributed by atoms with van der Waals surface area (Å²) in [7, 11) is 2.10. The fraction of sp³-hybridized carbons (Fsp3) is 0.200. The molecule has 1 heterocycles. The second-order valence-electron chi connectivity index (χ2n) is 10.4. The Bertz CT molecular complexity index is 1650. The number of anilines is 1. The maximum absolute atomic E-state index is 10.8. The minimum Gasteiger partial charge on any atom is -0.486 e. The number of aryl methyl sites for hydroxylation is 1. The molecule has 0 bridgehead atoms. The molecule has 0 unspecified atom stereocenters. The molecule has 0 atom stereocenters. The fourth-order valence-electron chi connectivity index (χ4n) is 4.57. The predicted molar refractivity (Wildman–Crippen MR) is 171 cm³/mol. The molecule has 7 heteroatoms. The van der Waals surface area contributed by atoms with Gasteiger partial charge in [-0.15, -0.1) is 11.3 Å². The summed E-state index contributed by atoms with van der Waals surface area (Å²) in [5, 5.41) is 9.75. The fourth-order valence-corrected chi connectivity index (χ4v) is 5.58. The molecule has 5 aromatic rings. The first-order valence-corrected chi connectivity index (χ1v) is 14.7. The zero-order valence-electron chi connectivity index (χ0n) is 24.2. The van der Waals surface area contributed by atoms with Crippen LogP contribution in [0.15, 0.2) is 97.1 Å². The van der Waals surface area contributed by atoms with Crippen molar-refractivity contribution in [3.8, 4) is 44.3 Å². The zero-order valence-corrected chi connectivity index (χ0v) is 25.0. The van der Waals surface area contributed by atoms with Gasteiger partial charge in [0.2, 0.25) is 0 Å². The van der Waals surface area contributed by atoms with Crippen molar-refractivity contribution >= 4 is 23.0 Å². The Kier molecular flexibility index (Phi) is 8.88. The van der Waals surface area contributed by atoms with Crippen molar-refractivity contribution in [3.63, 3.8) is 0 Å². The van der Waals surface area contributed by atoms with Crippen LogP contribution in [0.1, 0.15) is 24.4 Å². The van der Waals surface area contributed by atoms with Crippen LogP contribution in [-0.2, 0) is 11.4 Å². The summed E-state index contributed by atoms with van der Waals surface area (Å²) in [6.45, 7) is 6.14. The normalized spacial score (nSPS) is 11.0. The summed E-state index contributed by atoms with van der Waals surface area (Å²) in [5.74, 6) is 0.178. The van der Waals surface area contributed by atoms with E-state index in [1.807, 2.05) is 19.1 Å². The van der Waals surface area contributed by atoms with E-state index in [1.165, 1.54) is 11.1 Å². The van der Waals surface area contributed by atoms with Crippen LogP contribution < -0.4 is 14.4 Å². The number of carbonyl (C=O) groups is 1. The molecule has 0 aliphatic rings. The molecule has 0 amide bonds. The molecule has 42 heavy (non-hydrogen) atoms. The highest BCUT2D eigenvalue weighted by Gasteiger charge is 2.17. The van der Waals surface area contributed by atoms with Crippen LogP contribution in [0.3, 0.4) is 0 Å². The Balaban J connectivity index is 1.42. The van der Waals surface area contributed by atoms with Gasteiger partial charge in [-0.2, -0.15) is 0 Å². The monoisotopic (exact) mass is 578 g/mol. The molecular formula is C35H34N2O4S. The SMILES string of the molecule is Cc1cc(OCc2nc(-c3ccc(N(C)C(C)C)cc3)c(-c3ccc(-c4ccccc4)cc3)s2)ccc1OCC(=O)O. The van der Waals surface area contributed by atoms with E-state index >= 15 is 0 Å². The molecule has 214 valence electrons. The molecule has 0 fully saturated rings. The summed E-state index contributed by atoms with van der Waals surface area (Å²) in [4.78, 5) is 19.2. The summed E-state index contributed by atoms with van der Waals surface area (Å²) in [6, 6.07) is 33.3. The molecule has 0 saturated heterocycles. The lowest BCUT2D eigenvalue weighted by Crippen LogP contribution is -2.25. The number of ether oxygens (including phenoxy) is 2. The summed E-state index contributed by atoms with van der Waals surface area (Å²) < 4.78 is 11.5. The van der Waals surface area contributed by atoms with Gasteiger partial charge in [0.15, 0.2) is 6.61 Å². The Morgan fingerprint density at radius 1 is 0.857 bits per heavy atom. The maximum Gasteiger partial charge on any atom is 0.341 e. The van der Waals surface area contributed by atoms with E-state index in [2.05, 4.69) is 98.6 Å². The number of hydrogen-bond acceptors (Lipinski definition) is 6. The average Bonchev–Trinajstić information content (AvgIpc) is 3.44. The number of nitrogens with zero attached hydrogens (tertiary/aromatic N) is 2. The number of aromatic nitrogens is 1. The molecule has 0 radical (unpaired) electrons. The van der Waals surface area contributed by atoms with Crippen molar-refractivity contribution in [2.75, 3.05) is 18.6 Å². The van der Waals surface area contributed by atoms with E-state index < -0.39 is 5.97 Å². The van der Waals surface area contributed by atoms with E-state index in [9.17, 15) is 4.79 Å². The van der Waals surface area contributed by atoms with Crippen LogP contribution in [0.4, 0.5) is 5.69 Å². The van der Waals surface area contributed by atoms with Gasteiger partial charge in [0.1, 0.15) is 23.1 Å². The second-order valence-corrected chi connectivity index (χ2v) is 11.5. The highest BCUT2D eigenvalue weighted by molar-refractivity contribution is 7.15. The first kappa shape index (κ1) is 28.9. The number of thiazole rings is 1. The average molecular weight is 579 g/mol. The van der Waals surface area contributed by atoms with Crippen molar-refractivity contribution < 1.29 is 19.4 Å². The van der Waals surface area contributed by atoms with Gasteiger partial charge in [-0.3, -0.25) is 0 Å². The van der Waals surface area contributed by atoms with Crippen LogP contribution in [0.25, 0.3) is 32.8 Å². The lowest BCUT2D eigenvalue weighted by Gasteiger charge is -2.23. The molecular weight excluding hydrogens is 544 g/mol. The number of carboxylic acid groups (broad SMARTS) is 1. The van der Waals surface area contributed by atoms with Gasteiger partial charge >= 0.3 is 5.97 Å². The molecule has 4 aromatic carbocycles. The van der Waals surface area contributed by atoms with Gasteiger partial charge in [-0.05, 0) is 73.4 Å². The topological polar surface area (TPSA) is 71.9 Å². The Morgan fingerprint density at radius 2 is 1.50 bits per heavy atom. The number of carboxylic acids is 1. The van der Waals surface area contributed by atoms with Gasteiger partial charge in [-0.1, -0.05) is 66.7 Å². The van der Waals surface area contributed by atoms with E-state index in [0.717, 1.165) is 38.0 Å². The molecule has 0 aliphatic heterocycles. The highest BCUT2D eigenvalue weighted by Crippen LogP contribution is 2.39. The maximum atomic E-state index is 10.8. The number of hydrogen-bond donors (Lipinski definition) is 1. The van der Waals surface area contributed by atoms with Crippen LogP contribution in [0.5, 0.6) is 11.5 Å². The van der Waals surface area contributed by atoms with Gasteiger partial charge in [-0.25, -0.2) is 9.78 Å². The lowest BCUT2D eigenvalue weighted by molar-refractivity contribution is -0.139. The number of aliphatic carboxylic acids is 1. The predicted octanol–water partition coefficient (Wildman–Crippen LogP) is 8.34. The molecule has 5 rings (SSSR count). The van der Waals surface area contributed by atoms with Gasteiger partial charge in [0.05, 0.1) is 10.6 Å². The van der Waals surface area contributed by atoms with E-state index in [0.29, 0.717) is 24.1 Å². The second kappa shape index (κ2) is 12.9. The van der Waals surface area contributed by atoms with Gasteiger partial charge < -0.3 is 19.5 Å². The van der Waals surface area contributed by atoms with Crippen LogP contribution in [0.2, 0.25) is 0 Å². The van der Waals surface area contributed by atoms with Crippen molar-refractivity contribution in [1.29, 1.82) is 0 Å². The quantitative estimate of drug-likeness (QED) is 0.170. The van der Waals surface area contributed by atoms with Crippen molar-refractivity contribution in [2.24, 2.45) is 0 Å². The summed E-state index contributed by atoms with van der Waals surface area (Å²) >= 11 is 1.63. The van der Waals surface area contributed by atoms with Gasteiger partial charge in [0.25, 0.3) is 0 Å². The first-order chi connectivity index (χ1) is 20.3. The summed E-state index contributed by atoms with van der Waals surface area (Å²) in [5.41, 5.74) is 7.40. The molecule has 0 spiro atoms. The number of rotatable bonds is 11. The molecule has 1 N–H and O–H groups in total. The number of benzene rings is 4. The third-order valence-corrected chi connectivity index (χ3v) is 8.19. The minimum absolute atomic E-state index is 0.308. The van der Waals surface area contributed by atoms with E-state index in [-0.39, 0.29) is 6.61 Å². The Labute approximate surface area is 250 Å². The standard InChI is InChI=1S/C35H34N2O4S/c1-23(2)37(4)29-16-14-27(15-17-29)34-35(28-12-10-26(11-13-28)25-8-6-5-7-9-25)42-32(36-34)21-40-30-18-19-31(24(3)20-30)41-22-33(38)39/h5-20,23H,21-22H2,1-4H3,(H,38,39). The molecule has 0 saturated carbocycles. The van der Waals surface area contributed by atoms with E-state index in [1.54, 1.807) is 23.5 Å². The largest absolute Gasteiger partial charge is 0.486 e. The molecule has 6 nitrogen and oxygen atoms in total. The Hall–Kier alpha value is -4.62. The third-order valence-electron chi connectivity index (χ3n) is 7.11. The van der Waals surface area contributed by atoms with Crippen LogP contribution in [-0.4, -0.2) is 35.8 Å². The zero-order chi connectivity index (χ0) is 29.6. The lowest BCUT2D eigenvalue weighted by atomic mass is 10.0.